The fourth-order valence-electron chi connectivity index (χ4n) is 1.70. The molecule has 122 valence electrons. The van der Waals surface area contributed by atoms with Crippen LogP contribution in [0, 0.1) is 0 Å². The summed E-state index contributed by atoms with van der Waals surface area (Å²) >= 11 is 5.81. The van der Waals surface area contributed by atoms with E-state index in [2.05, 4.69) is 20.8 Å². The molecule has 0 saturated heterocycles. The molecule has 8 nitrogen and oxygen atoms in total. The number of carboxylic acid groups (broad SMARTS) is 1. The largest absolute Gasteiger partial charge is 0.481 e. The first kappa shape index (κ1) is 16.8. The molecule has 2 rings (SSSR count). The van der Waals surface area contributed by atoms with Gasteiger partial charge in [-0.3, -0.25) is 4.79 Å². The number of halogens is 1. The molecule has 23 heavy (non-hydrogen) atoms. The zero-order valence-electron chi connectivity index (χ0n) is 12.1. The Morgan fingerprint density at radius 1 is 1.17 bits per heavy atom. The van der Waals surface area contributed by atoms with Crippen LogP contribution in [-0.4, -0.2) is 40.3 Å². The predicted octanol–water partition coefficient (Wildman–Crippen LogP) is 1.71. The SMILES string of the molecule is O=C(O)CCNC(=O)NCCc1nc(-c2ccc(Cl)cc2)no1. The Bertz CT molecular complexity index is 672. The third-order valence-electron chi connectivity index (χ3n) is 2.82. The molecule has 0 saturated carbocycles. The Hall–Kier alpha value is -2.61. The third-order valence-corrected chi connectivity index (χ3v) is 3.07. The van der Waals surface area contributed by atoms with Crippen LogP contribution >= 0.6 is 11.6 Å². The minimum atomic E-state index is -0.967. The lowest BCUT2D eigenvalue weighted by Gasteiger charge is -2.04. The average molecular weight is 339 g/mol. The first-order valence-corrected chi connectivity index (χ1v) is 7.24. The van der Waals surface area contributed by atoms with Crippen LogP contribution in [-0.2, 0) is 11.2 Å². The van der Waals surface area contributed by atoms with Gasteiger partial charge in [0, 0.05) is 30.1 Å². The lowest BCUT2D eigenvalue weighted by Crippen LogP contribution is -2.37. The van der Waals surface area contributed by atoms with E-state index < -0.39 is 12.0 Å². The molecular formula is C14H15ClN4O4. The van der Waals surface area contributed by atoms with Crippen molar-refractivity contribution >= 4 is 23.6 Å². The van der Waals surface area contributed by atoms with E-state index in [-0.39, 0.29) is 13.0 Å². The van der Waals surface area contributed by atoms with Crippen LogP contribution in [0.1, 0.15) is 12.3 Å². The molecule has 0 fully saturated rings. The summed E-state index contributed by atoms with van der Waals surface area (Å²) in [6.07, 6.45) is 0.245. The van der Waals surface area contributed by atoms with Gasteiger partial charge in [0.1, 0.15) is 0 Å². The Morgan fingerprint density at radius 3 is 2.57 bits per heavy atom. The maximum atomic E-state index is 11.4. The Kier molecular flexibility index (Phi) is 5.93. The van der Waals surface area contributed by atoms with Crippen LogP contribution in [0.5, 0.6) is 0 Å². The van der Waals surface area contributed by atoms with E-state index in [1.54, 1.807) is 24.3 Å². The number of carbonyl (C=O) groups is 2. The van der Waals surface area contributed by atoms with Crippen molar-refractivity contribution in [1.29, 1.82) is 0 Å². The second-order valence-corrected chi connectivity index (χ2v) is 5.03. The number of aromatic nitrogens is 2. The molecule has 0 atom stereocenters. The van der Waals surface area contributed by atoms with Gasteiger partial charge in [0.15, 0.2) is 0 Å². The highest BCUT2D eigenvalue weighted by Crippen LogP contribution is 2.18. The molecule has 0 radical (unpaired) electrons. The Balaban J connectivity index is 1.75. The van der Waals surface area contributed by atoms with Crippen molar-refractivity contribution in [2.45, 2.75) is 12.8 Å². The van der Waals surface area contributed by atoms with Gasteiger partial charge in [0.25, 0.3) is 0 Å². The van der Waals surface area contributed by atoms with Crippen LogP contribution in [0.15, 0.2) is 28.8 Å². The Labute approximate surface area is 136 Å². The first-order chi connectivity index (χ1) is 11.0. The normalized spacial score (nSPS) is 10.3. The zero-order chi connectivity index (χ0) is 16.7. The quantitative estimate of drug-likeness (QED) is 0.707. The smallest absolute Gasteiger partial charge is 0.314 e. The predicted molar refractivity (Wildman–Crippen MR) is 82.1 cm³/mol. The van der Waals surface area contributed by atoms with Gasteiger partial charge >= 0.3 is 12.0 Å². The van der Waals surface area contributed by atoms with Crippen LogP contribution in [0.3, 0.4) is 0 Å². The molecule has 9 heteroatoms. The van der Waals surface area contributed by atoms with Crippen LogP contribution in [0.25, 0.3) is 11.4 Å². The van der Waals surface area contributed by atoms with E-state index in [0.29, 0.717) is 29.7 Å². The number of carbonyl (C=O) groups excluding carboxylic acids is 1. The van der Waals surface area contributed by atoms with E-state index in [9.17, 15) is 9.59 Å². The maximum Gasteiger partial charge on any atom is 0.314 e. The molecule has 0 aliphatic heterocycles. The molecule has 1 aromatic heterocycles. The number of carboxylic acids is 1. The monoisotopic (exact) mass is 338 g/mol. The minimum Gasteiger partial charge on any atom is -0.481 e. The standard InChI is InChI=1S/C14H15ClN4O4/c15-10-3-1-9(2-4-10)13-18-11(23-19-13)5-7-16-14(22)17-8-6-12(20)21/h1-4H,5-8H2,(H,20,21)(H2,16,17,22). The van der Waals surface area contributed by atoms with Gasteiger partial charge < -0.3 is 20.3 Å². The molecular weight excluding hydrogens is 324 g/mol. The van der Waals surface area contributed by atoms with Gasteiger partial charge in [-0.1, -0.05) is 16.8 Å². The van der Waals surface area contributed by atoms with Crippen LogP contribution in [0.2, 0.25) is 5.02 Å². The number of nitrogens with zero attached hydrogens (tertiary/aromatic N) is 2. The third kappa shape index (κ3) is 5.59. The molecule has 0 aliphatic carbocycles. The highest BCUT2D eigenvalue weighted by atomic mass is 35.5. The number of hydrogen-bond acceptors (Lipinski definition) is 5. The summed E-state index contributed by atoms with van der Waals surface area (Å²) in [7, 11) is 0. The van der Waals surface area contributed by atoms with Gasteiger partial charge in [-0.05, 0) is 24.3 Å². The lowest BCUT2D eigenvalue weighted by atomic mass is 10.2. The summed E-state index contributed by atoms with van der Waals surface area (Å²) in [6.45, 7) is 0.365. The number of amides is 2. The Morgan fingerprint density at radius 2 is 1.87 bits per heavy atom. The van der Waals surface area contributed by atoms with E-state index in [1.165, 1.54) is 0 Å². The summed E-state index contributed by atoms with van der Waals surface area (Å²) in [6, 6.07) is 6.59. The number of benzene rings is 1. The van der Waals surface area contributed by atoms with Crippen molar-refractivity contribution in [3.05, 3.63) is 35.2 Å². The van der Waals surface area contributed by atoms with Gasteiger partial charge in [-0.2, -0.15) is 4.98 Å². The summed E-state index contributed by atoms with van der Waals surface area (Å²) in [5.41, 5.74) is 0.781. The average Bonchev–Trinajstić information content (AvgIpc) is 2.96. The number of aliphatic carboxylic acids is 1. The summed E-state index contributed by atoms with van der Waals surface area (Å²) in [5, 5.41) is 17.9. The topological polar surface area (TPSA) is 117 Å². The van der Waals surface area contributed by atoms with Gasteiger partial charge in [-0.25, -0.2) is 4.79 Å². The molecule has 0 aliphatic rings. The molecule has 2 amide bonds. The fourth-order valence-corrected chi connectivity index (χ4v) is 1.83. The molecule has 0 spiro atoms. The number of hydrogen-bond donors (Lipinski definition) is 3. The van der Waals surface area contributed by atoms with Crippen molar-refractivity contribution in [2.75, 3.05) is 13.1 Å². The summed E-state index contributed by atoms with van der Waals surface area (Å²) in [5.74, 6) is -0.130. The lowest BCUT2D eigenvalue weighted by molar-refractivity contribution is -0.136. The number of urea groups is 1. The van der Waals surface area contributed by atoms with Crippen molar-refractivity contribution in [1.82, 2.24) is 20.8 Å². The van der Waals surface area contributed by atoms with E-state index >= 15 is 0 Å². The highest BCUT2D eigenvalue weighted by molar-refractivity contribution is 6.30. The van der Waals surface area contributed by atoms with Gasteiger partial charge in [0.2, 0.25) is 11.7 Å². The van der Waals surface area contributed by atoms with Crippen molar-refractivity contribution in [3.8, 4) is 11.4 Å². The molecule has 3 N–H and O–H groups in total. The maximum absolute atomic E-state index is 11.4. The molecule has 2 aromatic rings. The van der Waals surface area contributed by atoms with Gasteiger partial charge in [0.05, 0.1) is 6.42 Å². The van der Waals surface area contributed by atoms with Crippen molar-refractivity contribution in [3.63, 3.8) is 0 Å². The van der Waals surface area contributed by atoms with Crippen molar-refractivity contribution < 1.29 is 19.2 Å². The van der Waals surface area contributed by atoms with E-state index in [4.69, 9.17) is 21.2 Å². The molecule has 0 bridgehead atoms. The van der Waals surface area contributed by atoms with E-state index in [0.717, 1.165) is 5.56 Å². The summed E-state index contributed by atoms with van der Waals surface area (Å²) < 4.78 is 5.10. The molecule has 1 aromatic carbocycles. The number of nitrogens with one attached hydrogen (secondary N) is 2. The summed E-state index contributed by atoms with van der Waals surface area (Å²) in [4.78, 5) is 25.9. The fraction of sp³-hybridized carbons (Fsp3) is 0.286. The first-order valence-electron chi connectivity index (χ1n) is 6.86. The van der Waals surface area contributed by atoms with Gasteiger partial charge in [-0.15, -0.1) is 0 Å². The minimum absolute atomic E-state index is 0.0719. The molecule has 0 unspecified atom stereocenters. The zero-order valence-corrected chi connectivity index (χ0v) is 12.8. The highest BCUT2D eigenvalue weighted by Gasteiger charge is 2.09. The second kappa shape index (κ2) is 8.14. The second-order valence-electron chi connectivity index (χ2n) is 4.60. The van der Waals surface area contributed by atoms with Crippen molar-refractivity contribution in [2.24, 2.45) is 0 Å². The van der Waals surface area contributed by atoms with Crippen LogP contribution < -0.4 is 10.6 Å². The molecule has 1 heterocycles. The number of rotatable bonds is 7. The van der Waals surface area contributed by atoms with Crippen LogP contribution in [0.4, 0.5) is 4.79 Å². The van der Waals surface area contributed by atoms with E-state index in [1.807, 2.05) is 0 Å².